The summed E-state index contributed by atoms with van der Waals surface area (Å²) in [7, 11) is 1.69. The number of carbonyl (C=O) groups is 1. The van der Waals surface area contributed by atoms with Gasteiger partial charge in [-0.2, -0.15) is 0 Å². The third-order valence-corrected chi connectivity index (χ3v) is 4.32. The molecule has 0 radical (unpaired) electrons. The molecular formula is C17H28N3O2+. The van der Waals surface area contributed by atoms with Crippen LogP contribution in [-0.4, -0.2) is 51.8 Å². The van der Waals surface area contributed by atoms with E-state index in [-0.39, 0.29) is 11.9 Å². The van der Waals surface area contributed by atoms with Gasteiger partial charge in [0, 0.05) is 17.8 Å². The van der Waals surface area contributed by atoms with Crippen molar-refractivity contribution in [3.05, 3.63) is 24.3 Å². The topological polar surface area (TPSA) is 46.0 Å². The van der Waals surface area contributed by atoms with Crippen molar-refractivity contribution < 1.29 is 14.4 Å². The molecule has 1 aliphatic heterocycles. The van der Waals surface area contributed by atoms with Crippen LogP contribution in [-0.2, 0) is 4.79 Å². The minimum atomic E-state index is 0.166. The molecule has 2 rings (SSSR count). The Labute approximate surface area is 133 Å². The molecule has 5 nitrogen and oxygen atoms in total. The van der Waals surface area contributed by atoms with Crippen molar-refractivity contribution in [2.45, 2.75) is 26.3 Å². The van der Waals surface area contributed by atoms with Gasteiger partial charge in [-0.25, -0.2) is 0 Å². The minimum Gasteiger partial charge on any atom is -0.497 e. The number of rotatable bonds is 6. The molecule has 122 valence electrons. The first-order valence-corrected chi connectivity index (χ1v) is 8.14. The molecule has 0 aliphatic carbocycles. The van der Waals surface area contributed by atoms with Crippen molar-refractivity contribution in [1.29, 1.82) is 0 Å². The second-order valence-corrected chi connectivity index (χ2v) is 5.99. The summed E-state index contributed by atoms with van der Waals surface area (Å²) in [5, 5.41) is 3.04. The van der Waals surface area contributed by atoms with Crippen LogP contribution in [0.25, 0.3) is 0 Å². The molecule has 0 unspecified atom stereocenters. The molecule has 22 heavy (non-hydrogen) atoms. The van der Waals surface area contributed by atoms with Gasteiger partial charge in [-0.05, 0) is 25.5 Å². The van der Waals surface area contributed by atoms with Crippen molar-refractivity contribution in [3.63, 3.8) is 0 Å². The number of nitrogens with one attached hydrogen (secondary N) is 2. The van der Waals surface area contributed by atoms with Crippen LogP contribution in [0, 0.1) is 0 Å². The van der Waals surface area contributed by atoms with E-state index in [1.165, 1.54) is 10.6 Å². The Kier molecular flexibility index (Phi) is 6.07. The summed E-state index contributed by atoms with van der Waals surface area (Å²) in [5.74, 6) is 1.05. The lowest BCUT2D eigenvalue weighted by molar-refractivity contribution is -0.892. The van der Waals surface area contributed by atoms with Crippen LogP contribution in [0.15, 0.2) is 24.3 Å². The molecule has 5 heteroatoms. The summed E-state index contributed by atoms with van der Waals surface area (Å²) in [6.07, 6.45) is 0.977. The first-order chi connectivity index (χ1) is 10.6. The monoisotopic (exact) mass is 306 g/mol. The molecule has 0 aromatic heterocycles. The molecule has 1 heterocycles. The molecule has 1 aromatic rings. The van der Waals surface area contributed by atoms with E-state index in [4.69, 9.17) is 4.74 Å². The van der Waals surface area contributed by atoms with Crippen molar-refractivity contribution in [2.24, 2.45) is 0 Å². The summed E-state index contributed by atoms with van der Waals surface area (Å²) in [5.41, 5.74) is 1.20. The van der Waals surface area contributed by atoms with Gasteiger partial charge in [-0.3, -0.25) is 4.79 Å². The van der Waals surface area contributed by atoms with E-state index >= 15 is 0 Å². The first kappa shape index (κ1) is 16.6. The number of anilines is 1. The molecule has 1 atom stereocenters. The third kappa shape index (κ3) is 4.63. The summed E-state index contributed by atoms with van der Waals surface area (Å²) in [6.45, 7) is 8.64. The quantitative estimate of drug-likeness (QED) is 0.795. The van der Waals surface area contributed by atoms with E-state index in [0.717, 1.165) is 38.3 Å². The van der Waals surface area contributed by atoms with Gasteiger partial charge in [0.1, 0.15) is 5.75 Å². The van der Waals surface area contributed by atoms with Gasteiger partial charge in [0.05, 0.1) is 33.3 Å². The molecular weight excluding hydrogens is 278 g/mol. The zero-order chi connectivity index (χ0) is 15.9. The van der Waals surface area contributed by atoms with Crippen molar-refractivity contribution >= 4 is 11.6 Å². The highest BCUT2D eigenvalue weighted by molar-refractivity contribution is 5.77. The second kappa shape index (κ2) is 8.03. The van der Waals surface area contributed by atoms with Crippen molar-refractivity contribution in [2.75, 3.05) is 44.7 Å². The van der Waals surface area contributed by atoms with E-state index in [2.05, 4.69) is 29.3 Å². The normalized spacial score (nSPS) is 17.1. The van der Waals surface area contributed by atoms with Crippen LogP contribution in [0.2, 0.25) is 0 Å². The van der Waals surface area contributed by atoms with E-state index in [0.29, 0.717) is 6.54 Å². The predicted octanol–water partition coefficient (Wildman–Crippen LogP) is 0.315. The zero-order valence-electron chi connectivity index (χ0n) is 13.9. The van der Waals surface area contributed by atoms with Crippen LogP contribution in [0.4, 0.5) is 5.69 Å². The van der Waals surface area contributed by atoms with Crippen molar-refractivity contribution in [3.8, 4) is 5.75 Å². The minimum absolute atomic E-state index is 0.166. The van der Waals surface area contributed by atoms with Gasteiger partial charge in [0.25, 0.3) is 5.91 Å². The Balaban J connectivity index is 1.81. The molecule has 0 bridgehead atoms. The van der Waals surface area contributed by atoms with Gasteiger partial charge >= 0.3 is 0 Å². The lowest BCUT2D eigenvalue weighted by Gasteiger charge is -2.33. The average Bonchev–Trinajstić information content (AvgIpc) is 2.55. The number of carbonyl (C=O) groups excluding carboxylic acids is 1. The maximum absolute atomic E-state index is 12.0. The molecule has 1 saturated heterocycles. The first-order valence-electron chi connectivity index (χ1n) is 8.14. The standard InChI is InChI=1S/C17H27N3O2/c1-4-14(2)18-17(21)13-19-8-10-20(11-9-19)15-6-5-7-16(12-15)22-3/h5-7,12,14H,4,8-11,13H2,1-3H3,(H,18,21)/p+1/t14-/m0/s1. The number of piperazine rings is 1. The van der Waals surface area contributed by atoms with Gasteiger partial charge in [0.15, 0.2) is 6.54 Å². The number of quaternary nitrogens is 1. The van der Waals surface area contributed by atoms with Crippen LogP contribution in [0.3, 0.4) is 0 Å². The maximum atomic E-state index is 12.0. The van der Waals surface area contributed by atoms with E-state index in [1.54, 1.807) is 7.11 Å². The molecule has 1 fully saturated rings. The molecule has 0 spiro atoms. The number of nitrogens with zero attached hydrogens (tertiary/aromatic N) is 1. The summed E-state index contributed by atoms with van der Waals surface area (Å²) >= 11 is 0. The second-order valence-electron chi connectivity index (χ2n) is 5.99. The van der Waals surface area contributed by atoms with Crippen LogP contribution in [0.1, 0.15) is 20.3 Å². The Morgan fingerprint density at radius 3 is 2.77 bits per heavy atom. The number of amides is 1. The lowest BCUT2D eigenvalue weighted by atomic mass is 10.2. The SMILES string of the molecule is CC[C@H](C)NC(=O)C[NH+]1CCN(c2cccc(OC)c2)CC1. The van der Waals surface area contributed by atoms with Gasteiger partial charge in [0.2, 0.25) is 0 Å². The Bertz CT molecular complexity index is 485. The van der Waals surface area contributed by atoms with Gasteiger partial charge in [-0.15, -0.1) is 0 Å². The van der Waals surface area contributed by atoms with Gasteiger partial charge < -0.3 is 19.9 Å². The smallest absolute Gasteiger partial charge is 0.275 e. The Hall–Kier alpha value is -1.75. The fraction of sp³-hybridized carbons (Fsp3) is 0.588. The molecule has 2 N–H and O–H groups in total. The highest BCUT2D eigenvalue weighted by Crippen LogP contribution is 2.20. The van der Waals surface area contributed by atoms with Crippen molar-refractivity contribution in [1.82, 2.24) is 5.32 Å². The molecule has 1 aromatic carbocycles. The number of ether oxygens (including phenoxy) is 1. The highest BCUT2D eigenvalue weighted by Gasteiger charge is 2.22. The largest absolute Gasteiger partial charge is 0.497 e. The van der Waals surface area contributed by atoms with E-state index in [9.17, 15) is 4.79 Å². The molecule has 1 aliphatic rings. The number of hydrogen-bond acceptors (Lipinski definition) is 3. The number of methoxy groups -OCH3 is 1. The zero-order valence-corrected chi connectivity index (χ0v) is 13.9. The van der Waals surface area contributed by atoms with Crippen LogP contribution < -0.4 is 19.9 Å². The fourth-order valence-electron chi connectivity index (χ4n) is 2.72. The summed E-state index contributed by atoms with van der Waals surface area (Å²) < 4.78 is 5.28. The maximum Gasteiger partial charge on any atom is 0.275 e. The average molecular weight is 306 g/mol. The number of benzene rings is 1. The molecule has 0 saturated carbocycles. The van der Waals surface area contributed by atoms with E-state index in [1.807, 2.05) is 19.1 Å². The lowest BCUT2D eigenvalue weighted by Crippen LogP contribution is -3.16. The fourth-order valence-corrected chi connectivity index (χ4v) is 2.72. The Morgan fingerprint density at radius 2 is 2.14 bits per heavy atom. The highest BCUT2D eigenvalue weighted by atomic mass is 16.5. The number of hydrogen-bond donors (Lipinski definition) is 2. The van der Waals surface area contributed by atoms with Gasteiger partial charge in [-0.1, -0.05) is 13.0 Å². The van der Waals surface area contributed by atoms with Crippen LogP contribution in [0.5, 0.6) is 5.75 Å². The predicted molar refractivity (Wildman–Crippen MR) is 88.7 cm³/mol. The van der Waals surface area contributed by atoms with E-state index < -0.39 is 0 Å². The summed E-state index contributed by atoms with van der Waals surface area (Å²) in [4.78, 5) is 15.7. The Morgan fingerprint density at radius 1 is 1.41 bits per heavy atom. The summed E-state index contributed by atoms with van der Waals surface area (Å²) in [6, 6.07) is 8.44. The molecule has 1 amide bonds. The van der Waals surface area contributed by atoms with Crippen LogP contribution >= 0.6 is 0 Å². The third-order valence-electron chi connectivity index (χ3n) is 4.32.